The van der Waals surface area contributed by atoms with E-state index in [0.717, 1.165) is 43.6 Å². The summed E-state index contributed by atoms with van der Waals surface area (Å²) in [5.41, 5.74) is 1.46. The van der Waals surface area contributed by atoms with Crippen molar-refractivity contribution in [1.29, 1.82) is 0 Å². The Morgan fingerprint density at radius 1 is 0.901 bits per heavy atom. The van der Waals surface area contributed by atoms with Gasteiger partial charge in [-0.15, -0.1) is 4.68 Å². The van der Waals surface area contributed by atoms with Gasteiger partial charge in [0.1, 0.15) is 42.5 Å². The van der Waals surface area contributed by atoms with E-state index in [1.807, 2.05) is 55.5 Å². The van der Waals surface area contributed by atoms with Gasteiger partial charge in [-0.25, -0.2) is 32.2 Å². The maximum atomic E-state index is 15.5. The topological polar surface area (TPSA) is 227 Å². The minimum Gasteiger partial charge on any atom is -1.00 e. The molecule has 2 aliphatic heterocycles. The van der Waals surface area contributed by atoms with Gasteiger partial charge in [0.05, 0.1) is 64.1 Å². The molecule has 0 bridgehead atoms. The van der Waals surface area contributed by atoms with E-state index < -0.39 is 49.6 Å². The third-order valence-electron chi connectivity index (χ3n) is 12.1. The lowest BCUT2D eigenvalue weighted by Gasteiger charge is -2.37. The summed E-state index contributed by atoms with van der Waals surface area (Å²) >= 11 is 0. The van der Waals surface area contributed by atoms with Crippen LogP contribution in [-0.2, 0) is 44.9 Å². The number of hydrogen-bond donors (Lipinski definition) is 3. The van der Waals surface area contributed by atoms with Crippen LogP contribution in [0.4, 0.5) is 25.0 Å². The Labute approximate surface area is 415 Å². The van der Waals surface area contributed by atoms with E-state index >= 15 is 4.39 Å². The van der Waals surface area contributed by atoms with Crippen molar-refractivity contribution in [2.75, 3.05) is 88.8 Å². The molecule has 7 rings (SSSR count). The van der Waals surface area contributed by atoms with E-state index in [0.29, 0.717) is 24.3 Å². The Morgan fingerprint density at radius 3 is 2.14 bits per heavy atom. The number of carbonyl (C=O) groups is 1. The number of rotatable bonds is 24. The fourth-order valence-corrected chi connectivity index (χ4v) is 8.80. The monoisotopic (exact) mass is 1040 g/mol. The summed E-state index contributed by atoms with van der Waals surface area (Å²) < 4.78 is 83.9. The standard InChI is InChI=1S/C46H59F2N8O13P.ClH/c1-4-43(33(2)57)56-44(58)55(31-50-56)39-8-6-37(7-9-39)51-15-17-52(18-16-51)38-10-12-40(13-11-38)66-27-35-26-46(67-28-35,41-14-5-36(47)25-42(41)48)29-54-32-53(30-49-54)34(3)69-45(59)65-23-21-63-19-20-64-22-24-68-70(60,61)62;/h5-14,25,30-35,43,57H,4,15-24,26-29H2,1-3H3,(H-,60,61,62);1H/t33-,34?,35+,43-,46-;/m0./s1. The second-order valence-corrected chi connectivity index (χ2v) is 18.2. The van der Waals surface area contributed by atoms with Crippen molar-refractivity contribution >= 4 is 25.4 Å². The zero-order valence-electron chi connectivity index (χ0n) is 39.6. The number of piperazine rings is 1. The Morgan fingerprint density at radius 2 is 1.52 bits per heavy atom. The van der Waals surface area contributed by atoms with E-state index in [4.69, 9.17) is 38.2 Å². The van der Waals surface area contributed by atoms with E-state index in [2.05, 4.69) is 24.5 Å². The van der Waals surface area contributed by atoms with Crippen LogP contribution < -0.4 is 37.2 Å². The summed E-state index contributed by atoms with van der Waals surface area (Å²) in [7, 11) is -4.55. The number of benzene rings is 3. The number of nitrogens with zero attached hydrogens (tertiary/aromatic N) is 8. The van der Waals surface area contributed by atoms with Gasteiger partial charge in [0, 0.05) is 67.1 Å². The summed E-state index contributed by atoms with van der Waals surface area (Å²) in [4.78, 5) is 47.3. The molecule has 1 unspecified atom stereocenters. The molecule has 21 nitrogen and oxygen atoms in total. The highest BCUT2D eigenvalue weighted by Crippen LogP contribution is 2.42. The van der Waals surface area contributed by atoms with Gasteiger partial charge in [0.15, 0.2) is 0 Å². The highest BCUT2D eigenvalue weighted by Gasteiger charge is 2.46. The lowest BCUT2D eigenvalue weighted by molar-refractivity contribution is -0.754. The molecule has 0 spiro atoms. The molecule has 4 heterocycles. The van der Waals surface area contributed by atoms with E-state index in [1.165, 1.54) is 43.3 Å². The fourth-order valence-electron chi connectivity index (χ4n) is 8.49. The molecule has 3 N–H and O–H groups in total. The maximum Gasteiger partial charge on any atom is 0.511 e. The SMILES string of the molecule is CC[C@@H]([C@H](C)O)n1ncn(-c2ccc(N3CCN(c4ccc(OC[C@@H]5CO[C@@](Cn6c[n+](C(C)OC(=O)OCCOCCOCCOP(=O)(O)O)cn6)(c6ccc(F)cc6F)C5)cc4)CC3)cc2)c1=O.[Cl-]. The zero-order chi connectivity index (χ0) is 49.8. The summed E-state index contributed by atoms with van der Waals surface area (Å²) in [6.45, 7) is 8.83. The Bertz CT molecular complexity index is 2580. The highest BCUT2D eigenvalue weighted by atomic mass is 35.5. The molecule has 71 heavy (non-hydrogen) atoms. The van der Waals surface area contributed by atoms with Gasteiger partial charge < -0.3 is 65.5 Å². The minimum absolute atomic E-state index is 0. The van der Waals surface area contributed by atoms with Gasteiger partial charge in [0.25, 0.3) is 6.33 Å². The third-order valence-corrected chi connectivity index (χ3v) is 12.6. The Kier molecular flexibility index (Phi) is 19.5. The second-order valence-electron chi connectivity index (χ2n) is 17.0. The van der Waals surface area contributed by atoms with Crippen LogP contribution in [0, 0.1) is 17.6 Å². The molecule has 388 valence electrons. The fraction of sp³-hybridized carbons (Fsp3) is 0.500. The van der Waals surface area contributed by atoms with Gasteiger partial charge in [-0.3, -0.25) is 4.52 Å². The summed E-state index contributed by atoms with van der Waals surface area (Å²) in [5, 5.41) is 18.8. The Hall–Kier alpha value is -5.49. The molecule has 5 aromatic rings. The Balaban J connectivity index is 0.00000825. The minimum atomic E-state index is -4.55. The molecule has 3 aromatic carbocycles. The first kappa shape index (κ1) is 54.8. The molecule has 25 heteroatoms. The smallest absolute Gasteiger partial charge is 0.511 e. The third kappa shape index (κ3) is 14.8. The molecule has 2 aliphatic rings. The number of ether oxygens (including phenoxy) is 6. The number of aliphatic hydroxyl groups is 1. The van der Waals surface area contributed by atoms with Crippen LogP contribution in [0.15, 0.2) is 90.5 Å². The van der Waals surface area contributed by atoms with Crippen molar-refractivity contribution in [3.8, 4) is 11.4 Å². The number of carbonyl (C=O) groups excluding carboxylic acids is 1. The number of aromatic nitrogens is 6. The van der Waals surface area contributed by atoms with Gasteiger partial charge in [-0.05, 0) is 74.4 Å². The largest absolute Gasteiger partial charge is 1.00 e. The molecule has 2 saturated heterocycles. The van der Waals surface area contributed by atoms with Crippen molar-refractivity contribution in [2.24, 2.45) is 5.92 Å². The first-order valence-corrected chi connectivity index (χ1v) is 24.5. The molecule has 2 fully saturated rings. The molecular weight excluding hydrogens is 977 g/mol. The first-order chi connectivity index (χ1) is 33.6. The average Bonchev–Trinajstić information content (AvgIpc) is 4.08. The van der Waals surface area contributed by atoms with Crippen LogP contribution in [0.2, 0.25) is 0 Å². The van der Waals surface area contributed by atoms with Crippen LogP contribution in [0.3, 0.4) is 0 Å². The van der Waals surface area contributed by atoms with Gasteiger partial charge in [-0.2, -0.15) is 9.67 Å². The van der Waals surface area contributed by atoms with Crippen LogP contribution >= 0.6 is 7.82 Å². The maximum absolute atomic E-state index is 15.5. The van der Waals surface area contributed by atoms with Crippen LogP contribution in [0.1, 0.15) is 51.4 Å². The molecule has 2 aromatic heterocycles. The quantitative estimate of drug-likeness (QED) is 0.0343. The number of hydrogen-bond acceptors (Lipinski definition) is 15. The summed E-state index contributed by atoms with van der Waals surface area (Å²) in [6.07, 6.45) is 2.92. The van der Waals surface area contributed by atoms with Gasteiger partial charge >= 0.3 is 19.7 Å². The van der Waals surface area contributed by atoms with Gasteiger partial charge in [0.2, 0.25) is 12.6 Å². The predicted octanol–water partition coefficient (Wildman–Crippen LogP) is 1.28. The molecule has 0 aliphatic carbocycles. The van der Waals surface area contributed by atoms with Crippen LogP contribution in [-0.4, -0.2) is 130 Å². The number of anilines is 2. The summed E-state index contributed by atoms with van der Waals surface area (Å²) in [5.74, 6) is -0.958. The summed E-state index contributed by atoms with van der Waals surface area (Å²) in [6, 6.07) is 18.7. The molecule has 0 saturated carbocycles. The lowest BCUT2D eigenvalue weighted by atomic mass is 9.87. The van der Waals surface area contributed by atoms with E-state index in [-0.39, 0.29) is 89.0 Å². The number of halogens is 3. The van der Waals surface area contributed by atoms with Gasteiger partial charge in [-0.1, -0.05) is 13.0 Å². The van der Waals surface area contributed by atoms with E-state index in [1.54, 1.807) is 20.2 Å². The van der Waals surface area contributed by atoms with Crippen molar-refractivity contribution in [3.63, 3.8) is 0 Å². The molecule has 0 amide bonds. The number of phosphoric ester groups is 1. The van der Waals surface area contributed by atoms with Crippen molar-refractivity contribution in [3.05, 3.63) is 113 Å². The van der Waals surface area contributed by atoms with Crippen LogP contribution in [0.5, 0.6) is 5.75 Å². The van der Waals surface area contributed by atoms with Crippen molar-refractivity contribution < 1.29 is 83.0 Å². The average molecular weight is 1040 g/mol. The first-order valence-electron chi connectivity index (χ1n) is 23.0. The van der Waals surface area contributed by atoms with Crippen LogP contribution in [0.25, 0.3) is 5.69 Å². The van der Waals surface area contributed by atoms with Crippen molar-refractivity contribution in [1.82, 2.24) is 24.1 Å². The van der Waals surface area contributed by atoms with E-state index in [9.17, 15) is 23.7 Å². The highest BCUT2D eigenvalue weighted by molar-refractivity contribution is 7.46. The molecule has 5 atom stereocenters. The second kappa shape index (κ2) is 25.3. The normalized spacial score (nSPS) is 18.5. The molecule has 0 radical (unpaired) electrons. The molecular formula is C46H60ClF2N8O13P. The zero-order valence-corrected chi connectivity index (χ0v) is 41.2. The predicted molar refractivity (Wildman–Crippen MR) is 246 cm³/mol. The number of phosphoric acid groups is 1. The number of aliphatic hydroxyl groups excluding tert-OH is 1. The van der Waals surface area contributed by atoms with Crippen molar-refractivity contribution in [2.45, 2.75) is 64.1 Å². The lowest BCUT2D eigenvalue weighted by Crippen LogP contribution is -3.00.